The van der Waals surface area contributed by atoms with Gasteiger partial charge in [0.1, 0.15) is 5.69 Å². The SMILES string of the molecule is CN(Cc1ccsc1)C(=O)c1cc(Br)cn1C. The molecule has 0 aromatic carbocycles. The summed E-state index contributed by atoms with van der Waals surface area (Å²) in [6.45, 7) is 0.644. The Kier molecular flexibility index (Phi) is 3.69. The van der Waals surface area contributed by atoms with Crippen LogP contribution in [0.3, 0.4) is 0 Å². The van der Waals surface area contributed by atoms with Crippen molar-refractivity contribution in [2.24, 2.45) is 7.05 Å². The highest BCUT2D eigenvalue weighted by molar-refractivity contribution is 9.10. The fourth-order valence-electron chi connectivity index (χ4n) is 1.66. The first-order valence-corrected chi connectivity index (χ1v) is 6.90. The lowest BCUT2D eigenvalue weighted by Gasteiger charge is -2.16. The number of aryl methyl sites for hydroxylation is 1. The van der Waals surface area contributed by atoms with Gasteiger partial charge in [0.2, 0.25) is 0 Å². The van der Waals surface area contributed by atoms with Gasteiger partial charge in [-0.15, -0.1) is 0 Å². The number of carbonyl (C=O) groups is 1. The van der Waals surface area contributed by atoms with Crippen LogP contribution in [0.2, 0.25) is 0 Å². The molecule has 2 heterocycles. The molecule has 5 heteroatoms. The van der Waals surface area contributed by atoms with Gasteiger partial charge in [-0.3, -0.25) is 4.79 Å². The zero-order valence-corrected chi connectivity index (χ0v) is 12.1. The molecule has 0 saturated heterocycles. The van der Waals surface area contributed by atoms with Crippen molar-refractivity contribution < 1.29 is 4.79 Å². The Morgan fingerprint density at radius 3 is 2.88 bits per heavy atom. The molecule has 2 rings (SSSR count). The molecule has 1 amide bonds. The fraction of sp³-hybridized carbons (Fsp3) is 0.250. The molecule has 0 fully saturated rings. The summed E-state index contributed by atoms with van der Waals surface area (Å²) in [4.78, 5) is 13.9. The molecule has 0 aliphatic rings. The lowest BCUT2D eigenvalue weighted by atomic mass is 10.3. The lowest BCUT2D eigenvalue weighted by Crippen LogP contribution is -2.27. The molecule has 17 heavy (non-hydrogen) atoms. The first kappa shape index (κ1) is 12.4. The summed E-state index contributed by atoms with van der Waals surface area (Å²) in [6, 6.07) is 3.88. The Morgan fingerprint density at radius 2 is 2.35 bits per heavy atom. The van der Waals surface area contributed by atoms with Gasteiger partial charge in [-0.25, -0.2) is 0 Å². The van der Waals surface area contributed by atoms with Crippen LogP contribution >= 0.6 is 27.3 Å². The van der Waals surface area contributed by atoms with Crippen molar-refractivity contribution in [3.05, 3.63) is 44.8 Å². The van der Waals surface area contributed by atoms with Crippen molar-refractivity contribution in [3.8, 4) is 0 Å². The molecule has 0 atom stereocenters. The largest absolute Gasteiger partial charge is 0.345 e. The van der Waals surface area contributed by atoms with E-state index in [1.807, 2.05) is 42.4 Å². The molecular weight excluding hydrogens is 300 g/mol. The van der Waals surface area contributed by atoms with Gasteiger partial charge in [-0.1, -0.05) is 0 Å². The maximum absolute atomic E-state index is 12.2. The molecule has 3 nitrogen and oxygen atoms in total. The summed E-state index contributed by atoms with van der Waals surface area (Å²) < 4.78 is 2.75. The van der Waals surface area contributed by atoms with Gasteiger partial charge in [0, 0.05) is 31.3 Å². The molecule has 2 aromatic rings. The van der Waals surface area contributed by atoms with Crippen LogP contribution < -0.4 is 0 Å². The van der Waals surface area contributed by atoms with Crippen molar-refractivity contribution in [2.75, 3.05) is 7.05 Å². The zero-order valence-electron chi connectivity index (χ0n) is 9.68. The van der Waals surface area contributed by atoms with E-state index in [1.54, 1.807) is 16.2 Å². The minimum Gasteiger partial charge on any atom is -0.345 e. The van der Waals surface area contributed by atoms with E-state index in [9.17, 15) is 4.79 Å². The van der Waals surface area contributed by atoms with Gasteiger partial charge in [0.05, 0.1) is 0 Å². The summed E-state index contributed by atoms with van der Waals surface area (Å²) in [6.07, 6.45) is 1.88. The molecular formula is C12H13BrN2OS. The number of hydrogen-bond donors (Lipinski definition) is 0. The van der Waals surface area contributed by atoms with Crippen LogP contribution in [0.4, 0.5) is 0 Å². The number of halogens is 1. The quantitative estimate of drug-likeness (QED) is 0.855. The van der Waals surface area contributed by atoms with Crippen molar-refractivity contribution >= 4 is 33.2 Å². The average Bonchev–Trinajstić information content (AvgIpc) is 2.87. The molecule has 0 bridgehead atoms. The molecule has 0 aliphatic heterocycles. The highest BCUT2D eigenvalue weighted by Crippen LogP contribution is 2.16. The monoisotopic (exact) mass is 312 g/mol. The maximum atomic E-state index is 12.2. The van der Waals surface area contributed by atoms with Crippen molar-refractivity contribution in [2.45, 2.75) is 6.54 Å². The number of amides is 1. The Balaban J connectivity index is 2.12. The Labute approximate surface area is 113 Å². The van der Waals surface area contributed by atoms with Gasteiger partial charge in [0.25, 0.3) is 5.91 Å². The van der Waals surface area contributed by atoms with E-state index >= 15 is 0 Å². The Morgan fingerprint density at radius 1 is 1.59 bits per heavy atom. The van der Waals surface area contributed by atoms with Crippen LogP contribution in [0, 0.1) is 0 Å². The lowest BCUT2D eigenvalue weighted by molar-refractivity contribution is 0.0776. The predicted octanol–water partition coefficient (Wildman–Crippen LogP) is 3.12. The van der Waals surface area contributed by atoms with Gasteiger partial charge < -0.3 is 9.47 Å². The second-order valence-corrected chi connectivity index (χ2v) is 5.64. The normalized spacial score (nSPS) is 10.5. The highest BCUT2D eigenvalue weighted by Gasteiger charge is 2.15. The Bertz CT molecular complexity index is 519. The number of hydrogen-bond acceptors (Lipinski definition) is 2. The first-order valence-electron chi connectivity index (χ1n) is 5.16. The topological polar surface area (TPSA) is 25.2 Å². The molecule has 0 aliphatic carbocycles. The summed E-state index contributed by atoms with van der Waals surface area (Å²) in [5.74, 6) is 0.0319. The van der Waals surface area contributed by atoms with Crippen molar-refractivity contribution in [3.63, 3.8) is 0 Å². The van der Waals surface area contributed by atoms with Crippen LogP contribution in [0.15, 0.2) is 33.6 Å². The second-order valence-electron chi connectivity index (χ2n) is 3.95. The number of thiophene rings is 1. The van der Waals surface area contributed by atoms with Crippen LogP contribution in [0.25, 0.3) is 0 Å². The fourth-order valence-corrected chi connectivity index (χ4v) is 2.84. The van der Waals surface area contributed by atoms with Gasteiger partial charge in [-0.2, -0.15) is 11.3 Å². The third kappa shape index (κ3) is 2.79. The smallest absolute Gasteiger partial charge is 0.270 e. The third-order valence-corrected chi connectivity index (χ3v) is 3.70. The van der Waals surface area contributed by atoms with E-state index in [1.165, 1.54) is 5.56 Å². The predicted molar refractivity (Wildman–Crippen MR) is 73.2 cm³/mol. The molecule has 0 N–H and O–H groups in total. The molecule has 0 unspecified atom stereocenters. The molecule has 2 aromatic heterocycles. The maximum Gasteiger partial charge on any atom is 0.270 e. The molecule has 90 valence electrons. The van der Waals surface area contributed by atoms with Crippen LogP contribution in [-0.4, -0.2) is 22.4 Å². The minimum absolute atomic E-state index is 0.0319. The van der Waals surface area contributed by atoms with Gasteiger partial charge in [0.15, 0.2) is 0 Å². The number of carbonyl (C=O) groups excluding carboxylic acids is 1. The molecule has 0 spiro atoms. The summed E-state index contributed by atoms with van der Waals surface area (Å²) in [5.41, 5.74) is 1.86. The Hall–Kier alpha value is -1.07. The van der Waals surface area contributed by atoms with E-state index in [4.69, 9.17) is 0 Å². The second kappa shape index (κ2) is 5.06. The summed E-state index contributed by atoms with van der Waals surface area (Å²) in [5, 5.41) is 4.08. The number of rotatable bonds is 3. The standard InChI is InChI=1S/C12H13BrN2OS/c1-14-7-10(13)5-11(14)12(16)15(2)6-9-3-4-17-8-9/h3-5,7-8H,6H2,1-2H3. The van der Waals surface area contributed by atoms with Crippen LogP contribution in [-0.2, 0) is 13.6 Å². The minimum atomic E-state index is 0.0319. The highest BCUT2D eigenvalue weighted by atomic mass is 79.9. The summed E-state index contributed by atoms with van der Waals surface area (Å²) >= 11 is 5.02. The summed E-state index contributed by atoms with van der Waals surface area (Å²) in [7, 11) is 3.69. The van der Waals surface area contributed by atoms with Crippen molar-refractivity contribution in [1.82, 2.24) is 9.47 Å². The average molecular weight is 313 g/mol. The number of aromatic nitrogens is 1. The van der Waals surface area contributed by atoms with E-state index in [-0.39, 0.29) is 5.91 Å². The molecule has 0 saturated carbocycles. The van der Waals surface area contributed by atoms with E-state index < -0.39 is 0 Å². The van der Waals surface area contributed by atoms with Crippen LogP contribution in [0.1, 0.15) is 16.1 Å². The van der Waals surface area contributed by atoms with Crippen LogP contribution in [0.5, 0.6) is 0 Å². The van der Waals surface area contributed by atoms with E-state index in [2.05, 4.69) is 21.3 Å². The van der Waals surface area contributed by atoms with Gasteiger partial charge in [-0.05, 0) is 44.4 Å². The third-order valence-electron chi connectivity index (χ3n) is 2.54. The van der Waals surface area contributed by atoms with E-state index in [0.717, 1.165) is 4.47 Å². The zero-order chi connectivity index (χ0) is 12.4. The number of nitrogens with zero attached hydrogens (tertiary/aromatic N) is 2. The van der Waals surface area contributed by atoms with E-state index in [0.29, 0.717) is 12.2 Å². The van der Waals surface area contributed by atoms with Crippen molar-refractivity contribution in [1.29, 1.82) is 0 Å². The van der Waals surface area contributed by atoms with Gasteiger partial charge >= 0.3 is 0 Å². The first-order chi connectivity index (χ1) is 8.08. The molecule has 0 radical (unpaired) electrons.